The highest BCUT2D eigenvalue weighted by Crippen LogP contribution is 2.23. The molecule has 2 aromatic rings. The van der Waals surface area contributed by atoms with Crippen LogP contribution in [-0.2, 0) is 9.59 Å². The van der Waals surface area contributed by atoms with Gasteiger partial charge in [-0.1, -0.05) is 17.7 Å². The van der Waals surface area contributed by atoms with E-state index in [9.17, 15) is 9.59 Å². The van der Waals surface area contributed by atoms with Crippen LogP contribution in [-0.4, -0.2) is 34.4 Å². The zero-order valence-electron chi connectivity index (χ0n) is 16.2. The van der Waals surface area contributed by atoms with Gasteiger partial charge in [0.1, 0.15) is 0 Å². The molecule has 1 saturated heterocycles. The molecule has 1 fully saturated rings. The maximum Gasteiger partial charge on any atom is 0.246 e. The van der Waals surface area contributed by atoms with Crippen molar-refractivity contribution >= 4 is 17.9 Å². The molecule has 2 N–H and O–H groups in total. The monoisotopic (exact) mass is 365 g/mol. The Balaban J connectivity index is 1.77. The van der Waals surface area contributed by atoms with Gasteiger partial charge in [0.05, 0.1) is 5.92 Å². The zero-order chi connectivity index (χ0) is 19.6. The predicted octanol–water partition coefficient (Wildman–Crippen LogP) is 3.14. The number of piperidine rings is 1. The first-order valence-electron chi connectivity index (χ1n) is 9.39. The molecular formula is C22H27N3O2. The molecule has 1 atom stereocenters. The Morgan fingerprint density at radius 1 is 1.15 bits per heavy atom. The first kappa shape index (κ1) is 19.0. The second kappa shape index (κ2) is 7.82. The molecule has 1 unspecified atom stereocenters. The summed E-state index contributed by atoms with van der Waals surface area (Å²) in [5.74, 6) is -0.623. The summed E-state index contributed by atoms with van der Waals surface area (Å²) in [6.45, 7) is 7.29. The zero-order valence-corrected chi connectivity index (χ0v) is 16.2. The maximum absolute atomic E-state index is 12.5. The van der Waals surface area contributed by atoms with Gasteiger partial charge in [0.15, 0.2) is 0 Å². The number of hydrogen-bond donors (Lipinski definition) is 1. The van der Waals surface area contributed by atoms with E-state index >= 15 is 0 Å². The number of hydrogen-bond acceptors (Lipinski definition) is 2. The summed E-state index contributed by atoms with van der Waals surface area (Å²) < 4.78 is 2.19. The highest BCUT2D eigenvalue weighted by molar-refractivity contribution is 5.92. The van der Waals surface area contributed by atoms with Gasteiger partial charge in [-0.25, -0.2) is 0 Å². The van der Waals surface area contributed by atoms with Crippen molar-refractivity contribution in [2.24, 2.45) is 11.7 Å². The molecule has 5 nitrogen and oxygen atoms in total. The van der Waals surface area contributed by atoms with E-state index in [1.54, 1.807) is 11.0 Å². The maximum atomic E-state index is 12.5. The molecule has 1 aliphatic heterocycles. The number of aromatic nitrogens is 1. The van der Waals surface area contributed by atoms with Crippen molar-refractivity contribution in [1.82, 2.24) is 9.47 Å². The van der Waals surface area contributed by atoms with Gasteiger partial charge in [-0.15, -0.1) is 0 Å². The number of primary amides is 1. The third kappa shape index (κ3) is 4.13. The molecule has 5 heteroatoms. The van der Waals surface area contributed by atoms with Crippen molar-refractivity contribution in [3.05, 3.63) is 58.9 Å². The molecule has 0 saturated carbocycles. The lowest BCUT2D eigenvalue weighted by molar-refractivity contribution is -0.130. The fourth-order valence-corrected chi connectivity index (χ4v) is 3.72. The van der Waals surface area contributed by atoms with Crippen LogP contribution < -0.4 is 5.73 Å². The van der Waals surface area contributed by atoms with Gasteiger partial charge < -0.3 is 15.2 Å². The fraction of sp³-hybridized carbons (Fsp3) is 0.364. The van der Waals surface area contributed by atoms with E-state index in [4.69, 9.17) is 5.73 Å². The Morgan fingerprint density at radius 2 is 1.85 bits per heavy atom. The van der Waals surface area contributed by atoms with E-state index in [2.05, 4.69) is 55.7 Å². The van der Waals surface area contributed by atoms with Crippen molar-refractivity contribution < 1.29 is 9.59 Å². The van der Waals surface area contributed by atoms with E-state index in [0.29, 0.717) is 13.1 Å². The summed E-state index contributed by atoms with van der Waals surface area (Å²) in [4.78, 5) is 25.7. The van der Waals surface area contributed by atoms with E-state index in [1.807, 2.05) is 6.08 Å². The van der Waals surface area contributed by atoms with E-state index < -0.39 is 0 Å². The van der Waals surface area contributed by atoms with Crippen LogP contribution in [0.15, 0.2) is 36.4 Å². The van der Waals surface area contributed by atoms with Gasteiger partial charge >= 0.3 is 0 Å². The highest BCUT2D eigenvalue weighted by atomic mass is 16.2. The summed E-state index contributed by atoms with van der Waals surface area (Å²) in [7, 11) is 0. The number of likely N-dealkylation sites (tertiary alicyclic amines) is 1. The van der Waals surface area contributed by atoms with Crippen LogP contribution in [0, 0.1) is 26.7 Å². The standard InChI is InChI=1S/C22H27N3O2/c1-15-6-9-20(10-7-15)25-16(2)13-18(17(25)3)8-11-21(26)24-12-4-5-19(14-24)22(23)27/h6-11,13,19H,4-5,12,14H2,1-3H3,(H2,23,27). The van der Waals surface area contributed by atoms with Crippen LogP contribution in [0.3, 0.4) is 0 Å². The van der Waals surface area contributed by atoms with E-state index in [0.717, 1.165) is 35.5 Å². The Kier molecular flexibility index (Phi) is 5.49. The molecule has 1 aromatic carbocycles. The molecule has 27 heavy (non-hydrogen) atoms. The van der Waals surface area contributed by atoms with Gasteiger partial charge in [0.25, 0.3) is 0 Å². The van der Waals surface area contributed by atoms with Crippen molar-refractivity contribution in [3.8, 4) is 5.69 Å². The van der Waals surface area contributed by atoms with Crippen molar-refractivity contribution in [3.63, 3.8) is 0 Å². The second-order valence-corrected chi connectivity index (χ2v) is 7.36. The third-order valence-corrected chi connectivity index (χ3v) is 5.30. The number of nitrogens with zero attached hydrogens (tertiary/aromatic N) is 2. The average molecular weight is 365 g/mol. The first-order valence-corrected chi connectivity index (χ1v) is 9.39. The Hall–Kier alpha value is -2.82. The minimum atomic E-state index is -0.321. The summed E-state index contributed by atoms with van der Waals surface area (Å²) in [5.41, 5.74) is 11.0. The smallest absolute Gasteiger partial charge is 0.246 e. The molecule has 0 radical (unpaired) electrons. The fourth-order valence-electron chi connectivity index (χ4n) is 3.72. The molecule has 0 bridgehead atoms. The quantitative estimate of drug-likeness (QED) is 0.846. The topological polar surface area (TPSA) is 68.3 Å². The molecule has 2 heterocycles. The van der Waals surface area contributed by atoms with Crippen LogP contribution in [0.2, 0.25) is 0 Å². The number of benzene rings is 1. The van der Waals surface area contributed by atoms with Crippen molar-refractivity contribution in [2.45, 2.75) is 33.6 Å². The molecule has 0 spiro atoms. The largest absolute Gasteiger partial charge is 0.369 e. The van der Waals surface area contributed by atoms with Gasteiger partial charge in [0.2, 0.25) is 11.8 Å². The van der Waals surface area contributed by atoms with Gasteiger partial charge in [-0.3, -0.25) is 9.59 Å². The minimum absolute atomic E-state index is 0.0684. The number of carbonyl (C=O) groups excluding carboxylic acids is 2. The van der Waals surface area contributed by atoms with E-state index in [1.165, 1.54) is 5.56 Å². The lowest BCUT2D eigenvalue weighted by atomic mass is 9.97. The summed E-state index contributed by atoms with van der Waals surface area (Å²) >= 11 is 0. The molecule has 142 valence electrons. The lowest BCUT2D eigenvalue weighted by Crippen LogP contribution is -2.43. The van der Waals surface area contributed by atoms with Crippen LogP contribution in [0.1, 0.15) is 35.4 Å². The number of aryl methyl sites for hydroxylation is 2. The molecule has 2 amide bonds. The Labute approximate surface area is 160 Å². The highest BCUT2D eigenvalue weighted by Gasteiger charge is 2.25. The lowest BCUT2D eigenvalue weighted by Gasteiger charge is -2.30. The predicted molar refractivity (Wildman–Crippen MR) is 108 cm³/mol. The first-order chi connectivity index (χ1) is 12.9. The van der Waals surface area contributed by atoms with Crippen molar-refractivity contribution in [2.75, 3.05) is 13.1 Å². The molecule has 0 aliphatic carbocycles. The van der Waals surface area contributed by atoms with Crippen LogP contribution in [0.25, 0.3) is 11.8 Å². The third-order valence-electron chi connectivity index (χ3n) is 5.30. The van der Waals surface area contributed by atoms with Crippen molar-refractivity contribution in [1.29, 1.82) is 0 Å². The molecule has 1 aromatic heterocycles. The Bertz CT molecular complexity index is 878. The second-order valence-electron chi connectivity index (χ2n) is 7.36. The number of carbonyl (C=O) groups is 2. The van der Waals surface area contributed by atoms with Gasteiger partial charge in [0, 0.05) is 36.2 Å². The minimum Gasteiger partial charge on any atom is -0.369 e. The molecular weight excluding hydrogens is 338 g/mol. The average Bonchev–Trinajstić information content (AvgIpc) is 2.94. The van der Waals surface area contributed by atoms with Gasteiger partial charge in [-0.2, -0.15) is 0 Å². The van der Waals surface area contributed by atoms with E-state index in [-0.39, 0.29) is 17.7 Å². The summed E-state index contributed by atoms with van der Waals surface area (Å²) in [6, 6.07) is 10.5. The summed E-state index contributed by atoms with van der Waals surface area (Å²) in [5, 5.41) is 0. The normalized spacial score (nSPS) is 17.4. The number of amides is 2. The number of rotatable bonds is 4. The van der Waals surface area contributed by atoms with Gasteiger partial charge in [-0.05, 0) is 63.5 Å². The SMILES string of the molecule is Cc1ccc(-n2c(C)cc(C=CC(=O)N3CCCC(C(N)=O)C3)c2C)cc1. The number of nitrogens with two attached hydrogens (primary N) is 1. The molecule has 3 rings (SSSR count). The van der Waals surface area contributed by atoms with Crippen LogP contribution in [0.4, 0.5) is 0 Å². The van der Waals surface area contributed by atoms with Crippen LogP contribution in [0.5, 0.6) is 0 Å². The molecule has 1 aliphatic rings. The Morgan fingerprint density at radius 3 is 2.52 bits per heavy atom. The van der Waals surface area contributed by atoms with Crippen LogP contribution >= 0.6 is 0 Å². The summed E-state index contributed by atoms with van der Waals surface area (Å²) in [6.07, 6.45) is 5.05.